The quantitative estimate of drug-likeness (QED) is 0.547. The van der Waals surface area contributed by atoms with Gasteiger partial charge < -0.3 is 9.84 Å². The first-order valence-electron chi connectivity index (χ1n) is 8.23. The van der Waals surface area contributed by atoms with E-state index in [9.17, 15) is 27.9 Å². The summed E-state index contributed by atoms with van der Waals surface area (Å²) in [6.45, 7) is -0.0747. The number of aromatic amines is 1. The standard InChI is InChI=1S/C17H21N3O7S/c1-12-8-19(17(24)18-15(12)22)11-20(28(2,25)26)14(9-21)10-27-16(23)13-6-4-3-5-7-13/h3-8,14,21H,9-11H2,1-2H3,(H,18,22,24). The van der Waals surface area contributed by atoms with Crippen LogP contribution >= 0.6 is 0 Å². The highest BCUT2D eigenvalue weighted by Gasteiger charge is 2.28. The van der Waals surface area contributed by atoms with Crippen molar-refractivity contribution in [3.8, 4) is 0 Å². The minimum Gasteiger partial charge on any atom is -0.460 e. The number of carbonyl (C=O) groups is 1. The first-order valence-corrected chi connectivity index (χ1v) is 10.1. The highest BCUT2D eigenvalue weighted by molar-refractivity contribution is 7.88. The predicted molar refractivity (Wildman–Crippen MR) is 100 cm³/mol. The number of aliphatic hydroxyl groups is 1. The number of hydrogen-bond donors (Lipinski definition) is 2. The van der Waals surface area contributed by atoms with Gasteiger partial charge in [0.15, 0.2) is 0 Å². The molecule has 0 aliphatic heterocycles. The van der Waals surface area contributed by atoms with Crippen molar-refractivity contribution >= 4 is 16.0 Å². The van der Waals surface area contributed by atoms with Crippen LogP contribution in [-0.4, -0.2) is 58.9 Å². The Morgan fingerprint density at radius 1 is 1.29 bits per heavy atom. The summed E-state index contributed by atoms with van der Waals surface area (Å²) in [6.07, 6.45) is 2.11. The SMILES string of the molecule is Cc1cn(CN(C(CO)COC(=O)c2ccccc2)S(C)(=O)=O)c(=O)[nH]c1=O. The minimum atomic E-state index is -3.90. The molecule has 2 aromatic rings. The number of ether oxygens (including phenoxy) is 1. The van der Waals surface area contributed by atoms with E-state index >= 15 is 0 Å². The number of aryl methyl sites for hydroxylation is 1. The second kappa shape index (κ2) is 8.95. The van der Waals surface area contributed by atoms with Gasteiger partial charge >= 0.3 is 11.7 Å². The number of rotatable bonds is 8. The number of hydrogen-bond acceptors (Lipinski definition) is 7. The molecule has 0 radical (unpaired) electrons. The number of sulfonamides is 1. The predicted octanol–water partition coefficient (Wildman–Crippen LogP) is -0.718. The normalized spacial score (nSPS) is 12.7. The molecule has 1 atom stereocenters. The number of nitrogens with one attached hydrogen (secondary N) is 1. The third-order valence-corrected chi connectivity index (χ3v) is 5.21. The first kappa shape index (κ1) is 21.5. The maximum Gasteiger partial charge on any atom is 0.338 e. The van der Waals surface area contributed by atoms with Gasteiger partial charge in [0.25, 0.3) is 5.56 Å². The molecule has 0 aliphatic rings. The van der Waals surface area contributed by atoms with Gasteiger partial charge in [-0.3, -0.25) is 14.3 Å². The number of carbonyl (C=O) groups excluding carboxylic acids is 1. The van der Waals surface area contributed by atoms with Crippen molar-refractivity contribution in [1.29, 1.82) is 0 Å². The minimum absolute atomic E-state index is 0.212. The van der Waals surface area contributed by atoms with E-state index < -0.39 is 53.2 Å². The summed E-state index contributed by atoms with van der Waals surface area (Å²) in [7, 11) is -3.90. The first-order chi connectivity index (χ1) is 13.1. The Bertz CT molecular complexity index is 1040. The fraction of sp³-hybridized carbons (Fsp3) is 0.353. The lowest BCUT2D eigenvalue weighted by atomic mass is 10.2. The van der Waals surface area contributed by atoms with E-state index in [4.69, 9.17) is 4.74 Å². The zero-order valence-corrected chi connectivity index (χ0v) is 16.2. The molecule has 1 unspecified atom stereocenters. The molecule has 0 bridgehead atoms. The monoisotopic (exact) mass is 411 g/mol. The molecule has 11 heteroatoms. The van der Waals surface area contributed by atoms with Gasteiger partial charge in [0.1, 0.15) is 6.61 Å². The highest BCUT2D eigenvalue weighted by atomic mass is 32.2. The molecule has 2 N–H and O–H groups in total. The van der Waals surface area contributed by atoms with Crippen molar-refractivity contribution in [2.24, 2.45) is 0 Å². The van der Waals surface area contributed by atoms with E-state index in [0.717, 1.165) is 15.1 Å². The average molecular weight is 411 g/mol. The van der Waals surface area contributed by atoms with Gasteiger partial charge in [-0.25, -0.2) is 18.0 Å². The molecule has 0 spiro atoms. The largest absolute Gasteiger partial charge is 0.460 e. The second-order valence-corrected chi connectivity index (χ2v) is 8.07. The topological polar surface area (TPSA) is 139 Å². The van der Waals surface area contributed by atoms with Crippen LogP contribution in [0, 0.1) is 6.92 Å². The summed E-state index contributed by atoms with van der Waals surface area (Å²) in [5.74, 6) is -0.676. The summed E-state index contributed by atoms with van der Waals surface area (Å²) >= 11 is 0. The lowest BCUT2D eigenvalue weighted by Crippen LogP contribution is -2.48. The van der Waals surface area contributed by atoms with Gasteiger partial charge in [0.05, 0.1) is 31.1 Å². The number of benzene rings is 1. The Morgan fingerprint density at radius 2 is 1.93 bits per heavy atom. The number of esters is 1. The molecule has 0 aliphatic carbocycles. The van der Waals surface area contributed by atoms with Crippen molar-refractivity contribution < 1.29 is 23.1 Å². The van der Waals surface area contributed by atoms with Crippen LogP contribution in [0.1, 0.15) is 15.9 Å². The van der Waals surface area contributed by atoms with Crippen LogP contribution in [0.15, 0.2) is 46.1 Å². The molecule has 0 fully saturated rings. The average Bonchev–Trinajstić information content (AvgIpc) is 2.64. The van der Waals surface area contributed by atoms with Gasteiger partial charge in [-0.2, -0.15) is 4.31 Å². The number of aliphatic hydroxyl groups excluding tert-OH is 1. The Balaban J connectivity index is 2.23. The van der Waals surface area contributed by atoms with E-state index in [0.29, 0.717) is 0 Å². The highest BCUT2D eigenvalue weighted by Crippen LogP contribution is 2.10. The van der Waals surface area contributed by atoms with E-state index in [1.165, 1.54) is 25.3 Å². The summed E-state index contributed by atoms with van der Waals surface area (Å²) in [5.41, 5.74) is -0.897. The molecule has 0 saturated heterocycles. The molecular weight excluding hydrogens is 390 g/mol. The zero-order valence-electron chi connectivity index (χ0n) is 15.4. The van der Waals surface area contributed by atoms with Crippen LogP contribution in [0.25, 0.3) is 0 Å². The van der Waals surface area contributed by atoms with Crippen LogP contribution in [0.3, 0.4) is 0 Å². The third-order valence-electron chi connectivity index (χ3n) is 3.94. The van der Waals surface area contributed by atoms with Crippen LogP contribution in [0.2, 0.25) is 0 Å². The lowest BCUT2D eigenvalue weighted by Gasteiger charge is -2.28. The van der Waals surface area contributed by atoms with E-state index in [-0.39, 0.29) is 11.1 Å². The van der Waals surface area contributed by atoms with Gasteiger partial charge in [-0.15, -0.1) is 0 Å². The molecule has 2 rings (SSSR count). The smallest absolute Gasteiger partial charge is 0.338 e. The summed E-state index contributed by atoms with van der Waals surface area (Å²) in [4.78, 5) is 37.6. The van der Waals surface area contributed by atoms with Gasteiger partial charge in [0, 0.05) is 11.8 Å². The van der Waals surface area contributed by atoms with Crippen LogP contribution in [0.4, 0.5) is 0 Å². The number of aromatic nitrogens is 2. The van der Waals surface area contributed by atoms with Crippen LogP contribution < -0.4 is 11.2 Å². The second-order valence-electron chi connectivity index (χ2n) is 6.13. The Labute approximate surface area is 161 Å². The summed E-state index contributed by atoms with van der Waals surface area (Å²) in [6, 6.07) is 6.96. The molecule has 0 saturated carbocycles. The fourth-order valence-electron chi connectivity index (χ4n) is 2.42. The molecule has 1 aromatic heterocycles. The summed E-state index contributed by atoms with van der Waals surface area (Å²) < 4.78 is 31.3. The molecular formula is C17H21N3O7S. The molecule has 1 heterocycles. The molecule has 28 heavy (non-hydrogen) atoms. The fourth-order valence-corrected chi connectivity index (χ4v) is 3.42. The third kappa shape index (κ3) is 5.38. The molecule has 1 aromatic carbocycles. The summed E-state index contributed by atoms with van der Waals surface area (Å²) in [5, 5.41) is 9.65. The van der Waals surface area contributed by atoms with Crippen LogP contribution in [0.5, 0.6) is 0 Å². The Kier molecular flexibility index (Phi) is 6.89. The molecule has 0 amide bonds. The zero-order chi connectivity index (χ0) is 20.9. The Morgan fingerprint density at radius 3 is 2.50 bits per heavy atom. The number of nitrogens with zero attached hydrogens (tertiary/aromatic N) is 2. The van der Waals surface area contributed by atoms with Crippen LogP contribution in [-0.2, 0) is 21.4 Å². The molecule has 10 nitrogen and oxygen atoms in total. The van der Waals surface area contributed by atoms with Gasteiger partial charge in [0.2, 0.25) is 10.0 Å². The molecule has 152 valence electrons. The van der Waals surface area contributed by atoms with Crippen molar-refractivity contribution in [2.45, 2.75) is 19.6 Å². The van der Waals surface area contributed by atoms with Gasteiger partial charge in [-0.1, -0.05) is 18.2 Å². The van der Waals surface area contributed by atoms with Crippen molar-refractivity contribution in [1.82, 2.24) is 13.9 Å². The Hall–Kier alpha value is -2.76. The van der Waals surface area contributed by atoms with E-state index in [1.54, 1.807) is 18.2 Å². The van der Waals surface area contributed by atoms with E-state index in [1.807, 2.05) is 0 Å². The maximum absolute atomic E-state index is 12.2. The lowest BCUT2D eigenvalue weighted by molar-refractivity contribution is 0.0332. The number of H-pyrrole nitrogens is 1. The maximum atomic E-state index is 12.2. The van der Waals surface area contributed by atoms with E-state index in [2.05, 4.69) is 4.98 Å². The van der Waals surface area contributed by atoms with Gasteiger partial charge in [-0.05, 0) is 19.1 Å². The van der Waals surface area contributed by atoms with Crippen molar-refractivity contribution in [3.63, 3.8) is 0 Å². The van der Waals surface area contributed by atoms with Crippen molar-refractivity contribution in [2.75, 3.05) is 19.5 Å². The van der Waals surface area contributed by atoms with Crippen molar-refractivity contribution in [3.05, 3.63) is 68.5 Å².